The van der Waals surface area contributed by atoms with Crippen LogP contribution in [0.2, 0.25) is 0 Å². The average Bonchev–Trinajstić information content (AvgIpc) is 3.06. The molecule has 0 fully saturated rings. The summed E-state index contributed by atoms with van der Waals surface area (Å²) in [7, 11) is 0. The number of nitrogens with zero attached hydrogens (tertiary/aromatic N) is 2. The Hall–Kier alpha value is -3.22. The predicted molar refractivity (Wildman–Crippen MR) is 104 cm³/mol. The molecule has 2 heterocycles. The summed E-state index contributed by atoms with van der Waals surface area (Å²) in [6.45, 7) is 4.25. The summed E-state index contributed by atoms with van der Waals surface area (Å²) < 4.78 is 20.3. The van der Waals surface area contributed by atoms with Gasteiger partial charge in [-0.25, -0.2) is 14.2 Å². The highest BCUT2D eigenvalue weighted by Gasteiger charge is 2.19. The maximum atomic E-state index is 13.7. The van der Waals surface area contributed by atoms with Gasteiger partial charge in [0, 0.05) is 11.9 Å². The number of hydrogen-bond acceptors (Lipinski definition) is 4. The molecule has 0 spiro atoms. The number of imidazole rings is 1. The maximum absolute atomic E-state index is 13.7. The van der Waals surface area contributed by atoms with E-state index >= 15 is 0 Å². The van der Waals surface area contributed by atoms with Crippen molar-refractivity contribution in [1.82, 2.24) is 9.38 Å². The number of ether oxygens (including phenoxy) is 1. The molecule has 1 amide bonds. The molecule has 0 aliphatic carbocycles. The molecule has 146 valence electrons. The number of anilines is 1. The van der Waals surface area contributed by atoms with Gasteiger partial charge in [0.2, 0.25) is 0 Å². The van der Waals surface area contributed by atoms with Crippen LogP contribution < -0.4 is 5.32 Å². The largest absolute Gasteiger partial charge is 0.462 e. The van der Waals surface area contributed by atoms with Crippen molar-refractivity contribution in [2.45, 2.75) is 33.1 Å². The SMILES string of the molecule is CCCCOC(=O)c1cccc(NC(=O)c2c(CC)nc3ccc(F)cn23)c1. The molecular weight excluding hydrogens is 361 g/mol. The van der Waals surface area contributed by atoms with E-state index in [-0.39, 0.29) is 5.69 Å². The summed E-state index contributed by atoms with van der Waals surface area (Å²) in [6, 6.07) is 9.36. The zero-order chi connectivity index (χ0) is 20.1. The Morgan fingerprint density at radius 3 is 2.79 bits per heavy atom. The maximum Gasteiger partial charge on any atom is 0.338 e. The highest BCUT2D eigenvalue weighted by molar-refractivity contribution is 6.05. The van der Waals surface area contributed by atoms with Crippen molar-refractivity contribution in [3.63, 3.8) is 0 Å². The summed E-state index contributed by atoms with van der Waals surface area (Å²) in [5, 5.41) is 2.76. The third kappa shape index (κ3) is 4.19. The first-order valence-electron chi connectivity index (χ1n) is 9.28. The first-order chi connectivity index (χ1) is 13.5. The Labute approximate surface area is 162 Å². The van der Waals surface area contributed by atoms with E-state index < -0.39 is 17.7 Å². The molecule has 0 radical (unpaired) electrons. The van der Waals surface area contributed by atoms with E-state index in [1.54, 1.807) is 24.3 Å². The van der Waals surface area contributed by atoms with Gasteiger partial charge in [0.25, 0.3) is 5.91 Å². The lowest BCUT2D eigenvalue weighted by Gasteiger charge is -2.09. The molecule has 6 nitrogen and oxygen atoms in total. The van der Waals surface area contributed by atoms with Crippen LogP contribution in [0.4, 0.5) is 10.1 Å². The summed E-state index contributed by atoms with van der Waals surface area (Å²) in [5.74, 6) is -1.32. The fourth-order valence-corrected chi connectivity index (χ4v) is 2.86. The van der Waals surface area contributed by atoms with E-state index in [1.165, 1.54) is 22.7 Å². The van der Waals surface area contributed by atoms with Crippen LogP contribution in [-0.4, -0.2) is 27.9 Å². The van der Waals surface area contributed by atoms with Crippen LogP contribution in [0.3, 0.4) is 0 Å². The van der Waals surface area contributed by atoms with Crippen molar-refractivity contribution >= 4 is 23.2 Å². The fraction of sp³-hybridized carbons (Fsp3) is 0.286. The third-order valence-corrected chi connectivity index (χ3v) is 4.29. The molecular formula is C21H22FN3O3. The van der Waals surface area contributed by atoms with E-state index in [0.29, 0.717) is 35.6 Å². The Morgan fingerprint density at radius 2 is 2.04 bits per heavy atom. The smallest absolute Gasteiger partial charge is 0.338 e. The van der Waals surface area contributed by atoms with Gasteiger partial charge in [-0.2, -0.15) is 0 Å². The number of aromatic nitrogens is 2. The average molecular weight is 383 g/mol. The van der Waals surface area contributed by atoms with Crippen LogP contribution >= 0.6 is 0 Å². The topological polar surface area (TPSA) is 72.7 Å². The van der Waals surface area contributed by atoms with Crippen molar-refractivity contribution < 1.29 is 18.7 Å². The molecule has 0 unspecified atom stereocenters. The molecule has 1 N–H and O–H groups in total. The summed E-state index contributed by atoms with van der Waals surface area (Å²) in [4.78, 5) is 29.4. The van der Waals surface area contributed by atoms with E-state index in [1.807, 2.05) is 13.8 Å². The molecule has 0 aliphatic heterocycles. The highest BCUT2D eigenvalue weighted by Crippen LogP contribution is 2.18. The number of nitrogens with one attached hydrogen (secondary N) is 1. The predicted octanol–water partition coefficient (Wildman–Crippen LogP) is 4.25. The van der Waals surface area contributed by atoms with Crippen molar-refractivity contribution in [2.75, 3.05) is 11.9 Å². The molecule has 0 atom stereocenters. The molecule has 1 aromatic carbocycles. The molecule has 7 heteroatoms. The van der Waals surface area contributed by atoms with Crippen LogP contribution in [0, 0.1) is 5.82 Å². The lowest BCUT2D eigenvalue weighted by Crippen LogP contribution is -2.17. The van der Waals surface area contributed by atoms with Crippen LogP contribution in [0.1, 0.15) is 53.2 Å². The van der Waals surface area contributed by atoms with Gasteiger partial charge < -0.3 is 10.1 Å². The van der Waals surface area contributed by atoms with Gasteiger partial charge in [-0.05, 0) is 43.2 Å². The fourth-order valence-electron chi connectivity index (χ4n) is 2.86. The van der Waals surface area contributed by atoms with Gasteiger partial charge in [-0.15, -0.1) is 0 Å². The first kappa shape index (κ1) is 19.5. The number of pyridine rings is 1. The standard InChI is InChI=1S/C21H22FN3O3/c1-3-5-11-28-21(27)14-7-6-8-16(12-14)23-20(26)19-17(4-2)24-18-10-9-15(22)13-25(18)19/h6-10,12-13H,3-5,11H2,1-2H3,(H,23,26). The third-order valence-electron chi connectivity index (χ3n) is 4.29. The summed E-state index contributed by atoms with van der Waals surface area (Å²) in [6.07, 6.45) is 3.49. The number of carbonyl (C=O) groups excluding carboxylic acids is 2. The first-order valence-corrected chi connectivity index (χ1v) is 9.28. The second-order valence-electron chi connectivity index (χ2n) is 6.36. The molecule has 0 aliphatic rings. The second-order valence-corrected chi connectivity index (χ2v) is 6.36. The van der Waals surface area contributed by atoms with Gasteiger partial charge in [0.15, 0.2) is 0 Å². The van der Waals surface area contributed by atoms with Gasteiger partial charge in [0.05, 0.1) is 17.9 Å². The van der Waals surface area contributed by atoms with E-state index in [0.717, 1.165) is 12.8 Å². The van der Waals surface area contributed by atoms with Crippen molar-refractivity contribution in [3.05, 3.63) is 65.4 Å². The minimum atomic E-state index is -0.460. The number of esters is 1. The Balaban J connectivity index is 1.84. The molecule has 28 heavy (non-hydrogen) atoms. The van der Waals surface area contributed by atoms with Crippen LogP contribution in [0.25, 0.3) is 5.65 Å². The molecule has 0 saturated heterocycles. The van der Waals surface area contributed by atoms with E-state index in [2.05, 4.69) is 10.3 Å². The minimum Gasteiger partial charge on any atom is -0.462 e. The Kier molecular flexibility index (Phi) is 6.03. The number of aryl methyl sites for hydroxylation is 1. The van der Waals surface area contributed by atoms with Gasteiger partial charge in [-0.3, -0.25) is 9.20 Å². The van der Waals surface area contributed by atoms with E-state index in [9.17, 15) is 14.0 Å². The Bertz CT molecular complexity index is 1010. The number of hydrogen-bond donors (Lipinski definition) is 1. The molecule has 3 aromatic rings. The van der Waals surface area contributed by atoms with Crippen molar-refractivity contribution in [3.8, 4) is 0 Å². The number of benzene rings is 1. The highest BCUT2D eigenvalue weighted by atomic mass is 19.1. The lowest BCUT2D eigenvalue weighted by molar-refractivity contribution is 0.0499. The number of halogens is 1. The molecule has 0 bridgehead atoms. The number of carbonyl (C=O) groups is 2. The van der Waals surface area contributed by atoms with E-state index in [4.69, 9.17) is 4.74 Å². The van der Waals surface area contributed by atoms with Crippen molar-refractivity contribution in [2.24, 2.45) is 0 Å². The monoisotopic (exact) mass is 383 g/mol. The molecule has 0 saturated carbocycles. The zero-order valence-corrected chi connectivity index (χ0v) is 15.9. The van der Waals surface area contributed by atoms with Crippen LogP contribution in [0.5, 0.6) is 0 Å². The summed E-state index contributed by atoms with van der Waals surface area (Å²) >= 11 is 0. The molecule has 2 aromatic heterocycles. The van der Waals surface area contributed by atoms with Gasteiger partial charge in [-0.1, -0.05) is 26.3 Å². The quantitative estimate of drug-likeness (QED) is 0.489. The second kappa shape index (κ2) is 8.65. The number of fused-ring (bicyclic) bond motifs is 1. The zero-order valence-electron chi connectivity index (χ0n) is 15.9. The van der Waals surface area contributed by atoms with Gasteiger partial charge in [0.1, 0.15) is 17.2 Å². The Morgan fingerprint density at radius 1 is 1.21 bits per heavy atom. The van der Waals surface area contributed by atoms with Crippen LogP contribution in [0.15, 0.2) is 42.6 Å². The number of amides is 1. The lowest BCUT2D eigenvalue weighted by atomic mass is 10.2. The summed E-state index contributed by atoms with van der Waals surface area (Å²) in [5.41, 5.74) is 2.14. The molecule has 3 rings (SSSR count). The van der Waals surface area contributed by atoms with Gasteiger partial charge >= 0.3 is 5.97 Å². The number of rotatable bonds is 7. The number of unbranched alkanes of at least 4 members (excludes halogenated alkanes) is 1. The van der Waals surface area contributed by atoms with Crippen LogP contribution in [-0.2, 0) is 11.2 Å². The van der Waals surface area contributed by atoms with Crippen molar-refractivity contribution in [1.29, 1.82) is 0 Å². The minimum absolute atomic E-state index is 0.271. The normalized spacial score (nSPS) is 10.8.